The van der Waals surface area contributed by atoms with Crippen LogP contribution in [0.25, 0.3) is 9.75 Å². The third kappa shape index (κ3) is 2.52. The third-order valence-electron chi connectivity index (χ3n) is 2.31. The molecule has 82 valence electrons. The van der Waals surface area contributed by atoms with Crippen molar-refractivity contribution in [1.29, 1.82) is 0 Å². The van der Waals surface area contributed by atoms with E-state index >= 15 is 0 Å². The van der Waals surface area contributed by atoms with E-state index in [1.807, 2.05) is 34.8 Å². The zero-order valence-corrected chi connectivity index (χ0v) is 10.7. The van der Waals surface area contributed by atoms with Crippen molar-refractivity contribution >= 4 is 22.7 Å². The van der Waals surface area contributed by atoms with Crippen LogP contribution in [0.4, 0.5) is 0 Å². The maximum Gasteiger partial charge on any atom is 0.0445 e. The highest BCUT2D eigenvalue weighted by Crippen LogP contribution is 2.32. The van der Waals surface area contributed by atoms with E-state index in [9.17, 15) is 0 Å². The Morgan fingerprint density at radius 1 is 0.875 bits per heavy atom. The lowest BCUT2D eigenvalue weighted by molar-refractivity contribution is 1.30. The molecule has 0 saturated carbocycles. The fraction of sp³-hybridized carbons (Fsp3) is 0.143. The molecule has 0 saturated heterocycles. The molecule has 0 atom stereocenters. The molecular weight excluding hydrogens is 232 g/mol. The lowest BCUT2D eigenvalue weighted by atomic mass is 10.2. The van der Waals surface area contributed by atoms with Crippen LogP contribution in [-0.4, -0.2) is 0 Å². The summed E-state index contributed by atoms with van der Waals surface area (Å²) in [7, 11) is 0. The smallest absolute Gasteiger partial charge is 0.0445 e. The minimum atomic E-state index is 0.960. The van der Waals surface area contributed by atoms with Gasteiger partial charge in [0.05, 0.1) is 0 Å². The van der Waals surface area contributed by atoms with Crippen LogP contribution in [0.2, 0.25) is 0 Å². The Morgan fingerprint density at radius 2 is 1.31 bits per heavy atom. The van der Waals surface area contributed by atoms with Crippen LogP contribution in [0.1, 0.15) is 11.1 Å². The first-order chi connectivity index (χ1) is 7.83. The summed E-state index contributed by atoms with van der Waals surface area (Å²) in [5.41, 5.74) is 2.71. The fourth-order valence-electron chi connectivity index (χ4n) is 1.56. The molecule has 0 unspecified atom stereocenters. The Kier molecular flexibility index (Phi) is 3.75. The first-order valence-corrected chi connectivity index (χ1v) is 6.96. The van der Waals surface area contributed by atoms with Crippen LogP contribution in [0.3, 0.4) is 0 Å². The molecule has 2 heterocycles. The first-order valence-electron chi connectivity index (χ1n) is 5.20. The molecule has 0 spiro atoms. The van der Waals surface area contributed by atoms with Gasteiger partial charge in [0.25, 0.3) is 0 Å². The summed E-state index contributed by atoms with van der Waals surface area (Å²) in [6.07, 6.45) is 5.82. The summed E-state index contributed by atoms with van der Waals surface area (Å²) >= 11 is 3.62. The highest BCUT2D eigenvalue weighted by atomic mass is 32.1. The highest BCUT2D eigenvalue weighted by Gasteiger charge is 2.04. The number of hydrogen-bond acceptors (Lipinski definition) is 2. The summed E-state index contributed by atoms with van der Waals surface area (Å²) in [4.78, 5) is 2.72. The molecule has 0 aromatic carbocycles. The van der Waals surface area contributed by atoms with Gasteiger partial charge in [0.1, 0.15) is 0 Å². The van der Waals surface area contributed by atoms with Gasteiger partial charge in [-0.1, -0.05) is 12.2 Å². The molecule has 0 bridgehead atoms. The molecule has 0 radical (unpaired) electrons. The van der Waals surface area contributed by atoms with Gasteiger partial charge in [-0.25, -0.2) is 0 Å². The van der Waals surface area contributed by atoms with Crippen LogP contribution >= 0.6 is 22.7 Å². The molecule has 16 heavy (non-hydrogen) atoms. The van der Waals surface area contributed by atoms with E-state index in [0.29, 0.717) is 0 Å². The maximum absolute atomic E-state index is 3.76. The van der Waals surface area contributed by atoms with E-state index < -0.39 is 0 Å². The minimum Gasteiger partial charge on any atom is -0.143 e. The van der Waals surface area contributed by atoms with Crippen molar-refractivity contribution in [3.63, 3.8) is 0 Å². The molecule has 0 aliphatic carbocycles. The summed E-state index contributed by atoms with van der Waals surface area (Å²) in [5, 5.41) is 4.42. The average Bonchev–Trinajstić information content (AvgIpc) is 2.87. The van der Waals surface area contributed by atoms with E-state index in [4.69, 9.17) is 0 Å². The number of thiophene rings is 2. The van der Waals surface area contributed by atoms with Gasteiger partial charge in [-0.2, -0.15) is 0 Å². The fourth-order valence-corrected chi connectivity index (χ4v) is 3.52. The van der Waals surface area contributed by atoms with Gasteiger partial charge < -0.3 is 0 Å². The van der Waals surface area contributed by atoms with Crippen LogP contribution < -0.4 is 0 Å². The highest BCUT2D eigenvalue weighted by molar-refractivity contribution is 7.20. The van der Waals surface area contributed by atoms with Crippen molar-refractivity contribution in [2.45, 2.75) is 12.8 Å². The molecule has 0 amide bonds. The predicted octanol–water partition coefficient (Wildman–Crippen LogP) is 4.93. The SMILES string of the molecule is C=CCc1csc(-c2cc(CC=C)cs2)c1. The predicted molar refractivity (Wildman–Crippen MR) is 75.4 cm³/mol. The Labute approximate surface area is 105 Å². The van der Waals surface area contributed by atoms with Gasteiger partial charge in [0.2, 0.25) is 0 Å². The second kappa shape index (κ2) is 5.28. The largest absolute Gasteiger partial charge is 0.143 e. The van der Waals surface area contributed by atoms with Gasteiger partial charge in [0.15, 0.2) is 0 Å². The van der Waals surface area contributed by atoms with Crippen molar-refractivity contribution in [3.05, 3.63) is 59.3 Å². The average molecular weight is 246 g/mol. The van der Waals surface area contributed by atoms with Gasteiger partial charge in [0, 0.05) is 9.75 Å². The Hall–Kier alpha value is -1.12. The summed E-state index contributed by atoms with van der Waals surface area (Å²) < 4.78 is 0. The Balaban J connectivity index is 2.20. The Bertz CT molecular complexity index is 442. The van der Waals surface area contributed by atoms with E-state index in [2.05, 4.69) is 36.1 Å². The van der Waals surface area contributed by atoms with Gasteiger partial charge in [-0.05, 0) is 46.9 Å². The van der Waals surface area contributed by atoms with Crippen LogP contribution in [0.15, 0.2) is 48.2 Å². The van der Waals surface area contributed by atoms with E-state index in [0.717, 1.165) is 12.8 Å². The molecule has 0 aliphatic rings. The van der Waals surface area contributed by atoms with Crippen molar-refractivity contribution in [3.8, 4) is 9.75 Å². The normalized spacial score (nSPS) is 10.2. The van der Waals surface area contributed by atoms with E-state index in [1.165, 1.54) is 20.9 Å². The molecule has 2 heteroatoms. The molecule has 2 aromatic heterocycles. The number of hydrogen-bond donors (Lipinski definition) is 0. The molecular formula is C14H14S2. The summed E-state index contributed by atoms with van der Waals surface area (Å²) in [6, 6.07) is 4.52. The van der Waals surface area contributed by atoms with Gasteiger partial charge >= 0.3 is 0 Å². The van der Waals surface area contributed by atoms with Crippen LogP contribution in [0, 0.1) is 0 Å². The van der Waals surface area contributed by atoms with E-state index in [-0.39, 0.29) is 0 Å². The van der Waals surface area contributed by atoms with E-state index in [1.54, 1.807) is 0 Å². The van der Waals surface area contributed by atoms with Crippen molar-refractivity contribution in [2.24, 2.45) is 0 Å². The monoisotopic (exact) mass is 246 g/mol. The van der Waals surface area contributed by atoms with Crippen molar-refractivity contribution in [1.82, 2.24) is 0 Å². The van der Waals surface area contributed by atoms with Crippen molar-refractivity contribution in [2.75, 3.05) is 0 Å². The molecule has 2 rings (SSSR count). The number of allylic oxidation sites excluding steroid dienone is 2. The topological polar surface area (TPSA) is 0 Å². The first kappa shape index (κ1) is 11.4. The molecule has 0 N–H and O–H groups in total. The molecule has 0 nitrogen and oxygen atoms in total. The summed E-state index contributed by atoms with van der Waals surface area (Å²) in [6.45, 7) is 7.53. The molecule has 0 fully saturated rings. The molecule has 2 aromatic rings. The van der Waals surface area contributed by atoms with Crippen molar-refractivity contribution < 1.29 is 0 Å². The summed E-state index contributed by atoms with van der Waals surface area (Å²) in [5.74, 6) is 0. The number of rotatable bonds is 5. The second-order valence-corrected chi connectivity index (χ2v) is 5.45. The maximum atomic E-state index is 3.76. The zero-order chi connectivity index (χ0) is 11.4. The lowest BCUT2D eigenvalue weighted by Gasteiger charge is -1.89. The Morgan fingerprint density at radius 3 is 1.69 bits per heavy atom. The zero-order valence-electron chi connectivity index (χ0n) is 9.11. The molecule has 0 aliphatic heterocycles. The van der Waals surface area contributed by atoms with Crippen LogP contribution in [-0.2, 0) is 12.8 Å². The minimum absolute atomic E-state index is 0.960. The third-order valence-corrected chi connectivity index (χ3v) is 4.46. The standard InChI is InChI=1S/C14H14S2/c1-3-5-11-7-13(15-9-11)14-8-12(6-4-2)10-16-14/h3-4,7-10H,1-2,5-6H2. The van der Waals surface area contributed by atoms with Gasteiger partial charge in [-0.3, -0.25) is 0 Å². The lowest BCUT2D eigenvalue weighted by Crippen LogP contribution is -1.72. The van der Waals surface area contributed by atoms with Crippen LogP contribution in [0.5, 0.6) is 0 Å². The quantitative estimate of drug-likeness (QED) is 0.656. The van der Waals surface area contributed by atoms with Gasteiger partial charge in [-0.15, -0.1) is 35.8 Å². The second-order valence-electron chi connectivity index (χ2n) is 3.62.